The first kappa shape index (κ1) is 18.5. The van der Waals surface area contributed by atoms with Crippen LogP contribution in [0.5, 0.6) is 5.75 Å². The third-order valence-corrected chi connectivity index (χ3v) is 5.17. The number of benzene rings is 2. The van der Waals surface area contributed by atoms with Crippen LogP contribution in [0.15, 0.2) is 58.2 Å². The highest BCUT2D eigenvalue weighted by Crippen LogP contribution is 2.24. The molecule has 3 aromatic rings. The minimum atomic E-state index is -0.114. The zero-order valence-electron chi connectivity index (χ0n) is 14.3. The lowest BCUT2D eigenvalue weighted by molar-refractivity contribution is -0.113. The van der Waals surface area contributed by atoms with E-state index >= 15 is 0 Å². The molecule has 0 saturated carbocycles. The molecule has 0 fully saturated rings. The average Bonchev–Trinajstić information content (AvgIpc) is 3.01. The van der Waals surface area contributed by atoms with Gasteiger partial charge in [-0.05, 0) is 24.3 Å². The highest BCUT2D eigenvalue weighted by molar-refractivity contribution is 9.10. The van der Waals surface area contributed by atoms with Gasteiger partial charge in [0, 0.05) is 28.8 Å². The van der Waals surface area contributed by atoms with E-state index in [9.17, 15) is 4.79 Å². The predicted octanol–water partition coefficient (Wildman–Crippen LogP) is 3.98. The molecule has 0 radical (unpaired) electrons. The molecular weight excluding hydrogens is 416 g/mol. The minimum Gasteiger partial charge on any atom is -0.497 e. The summed E-state index contributed by atoms with van der Waals surface area (Å²) in [5.74, 6) is 1.58. The summed E-state index contributed by atoms with van der Waals surface area (Å²) in [7, 11) is 3.48. The summed E-state index contributed by atoms with van der Waals surface area (Å²) in [6.07, 6.45) is 0. The fraction of sp³-hybridized carbons (Fsp3) is 0.167. The Morgan fingerprint density at radius 1 is 1.23 bits per heavy atom. The fourth-order valence-electron chi connectivity index (χ4n) is 2.32. The summed E-state index contributed by atoms with van der Waals surface area (Å²) in [5, 5.41) is 11.9. The highest BCUT2D eigenvalue weighted by atomic mass is 79.9. The Morgan fingerprint density at radius 3 is 2.73 bits per heavy atom. The number of nitrogens with zero attached hydrogens (tertiary/aromatic N) is 3. The molecule has 0 bridgehead atoms. The number of hydrogen-bond donors (Lipinski definition) is 1. The molecule has 0 aliphatic heterocycles. The molecule has 3 rings (SSSR count). The number of aromatic nitrogens is 3. The molecular formula is C18H17BrN4O2S. The lowest BCUT2D eigenvalue weighted by Gasteiger charge is -2.07. The Bertz CT molecular complexity index is 912. The van der Waals surface area contributed by atoms with Gasteiger partial charge in [-0.15, -0.1) is 10.2 Å². The standard InChI is InChI=1S/C18H17BrN4O2S/c1-23-17(12-6-8-13(19)9-7-12)21-22-18(23)26-11-16(24)20-14-4-3-5-15(10-14)25-2/h3-10H,11H2,1-2H3,(H,20,24). The maximum Gasteiger partial charge on any atom is 0.234 e. The summed E-state index contributed by atoms with van der Waals surface area (Å²) >= 11 is 4.76. The van der Waals surface area contributed by atoms with Crippen LogP contribution in [0.3, 0.4) is 0 Å². The molecule has 0 aliphatic carbocycles. The van der Waals surface area contributed by atoms with E-state index in [-0.39, 0.29) is 11.7 Å². The Kier molecular flexibility index (Phi) is 5.95. The van der Waals surface area contributed by atoms with Gasteiger partial charge in [0.05, 0.1) is 12.9 Å². The van der Waals surface area contributed by atoms with Crippen LogP contribution in [0, 0.1) is 0 Å². The topological polar surface area (TPSA) is 69.0 Å². The second kappa shape index (κ2) is 8.37. The number of carbonyl (C=O) groups excluding carboxylic acids is 1. The zero-order chi connectivity index (χ0) is 18.5. The molecule has 1 aromatic heterocycles. The van der Waals surface area contributed by atoms with E-state index in [1.807, 2.05) is 54.1 Å². The van der Waals surface area contributed by atoms with Gasteiger partial charge in [0.1, 0.15) is 5.75 Å². The van der Waals surface area contributed by atoms with Crippen molar-refractivity contribution in [1.29, 1.82) is 0 Å². The van der Waals surface area contributed by atoms with Gasteiger partial charge >= 0.3 is 0 Å². The Hall–Kier alpha value is -2.32. The largest absolute Gasteiger partial charge is 0.497 e. The van der Waals surface area contributed by atoms with Crippen LogP contribution in [0.25, 0.3) is 11.4 Å². The summed E-state index contributed by atoms with van der Waals surface area (Å²) in [6.45, 7) is 0. The fourth-order valence-corrected chi connectivity index (χ4v) is 3.29. The van der Waals surface area contributed by atoms with Crippen molar-refractivity contribution >= 4 is 39.3 Å². The van der Waals surface area contributed by atoms with Crippen molar-refractivity contribution in [2.45, 2.75) is 5.16 Å². The Morgan fingerprint density at radius 2 is 2.00 bits per heavy atom. The summed E-state index contributed by atoms with van der Waals surface area (Å²) < 4.78 is 8.04. The van der Waals surface area contributed by atoms with Crippen molar-refractivity contribution < 1.29 is 9.53 Å². The third kappa shape index (κ3) is 4.44. The van der Waals surface area contributed by atoms with Crippen molar-refractivity contribution in [3.63, 3.8) is 0 Å². The van der Waals surface area contributed by atoms with Crippen LogP contribution < -0.4 is 10.1 Å². The average molecular weight is 433 g/mol. The molecule has 134 valence electrons. The number of hydrogen-bond acceptors (Lipinski definition) is 5. The van der Waals surface area contributed by atoms with Crippen LogP contribution in [0.1, 0.15) is 0 Å². The molecule has 26 heavy (non-hydrogen) atoms. The van der Waals surface area contributed by atoms with Crippen LogP contribution in [0.4, 0.5) is 5.69 Å². The van der Waals surface area contributed by atoms with Gasteiger partial charge in [-0.1, -0.05) is 45.9 Å². The molecule has 1 N–H and O–H groups in total. The van der Waals surface area contributed by atoms with E-state index in [4.69, 9.17) is 4.74 Å². The first-order valence-corrected chi connectivity index (χ1v) is 9.56. The van der Waals surface area contributed by atoms with Crippen LogP contribution >= 0.6 is 27.7 Å². The highest BCUT2D eigenvalue weighted by Gasteiger charge is 2.13. The van der Waals surface area contributed by atoms with Crippen LogP contribution in [0.2, 0.25) is 0 Å². The van der Waals surface area contributed by atoms with Crippen LogP contribution in [-0.2, 0) is 11.8 Å². The third-order valence-electron chi connectivity index (χ3n) is 3.62. The summed E-state index contributed by atoms with van der Waals surface area (Å²) in [4.78, 5) is 12.2. The Labute approximate surface area is 164 Å². The number of nitrogens with one attached hydrogen (secondary N) is 1. The van der Waals surface area contributed by atoms with E-state index < -0.39 is 0 Å². The molecule has 1 amide bonds. The summed E-state index contributed by atoms with van der Waals surface area (Å²) in [6, 6.07) is 15.1. The number of ether oxygens (including phenoxy) is 1. The molecule has 6 nitrogen and oxygen atoms in total. The van der Waals surface area contributed by atoms with Crippen molar-refractivity contribution in [3.8, 4) is 17.1 Å². The second-order valence-corrected chi connectivity index (χ2v) is 7.30. The van der Waals surface area contributed by atoms with Crippen molar-refractivity contribution in [3.05, 3.63) is 53.0 Å². The van der Waals surface area contributed by atoms with E-state index in [0.29, 0.717) is 16.6 Å². The first-order valence-electron chi connectivity index (χ1n) is 7.79. The predicted molar refractivity (Wildman–Crippen MR) is 106 cm³/mol. The number of rotatable bonds is 6. The lowest BCUT2D eigenvalue weighted by Crippen LogP contribution is -2.14. The molecule has 0 saturated heterocycles. The van der Waals surface area contributed by atoms with E-state index in [2.05, 4.69) is 31.4 Å². The SMILES string of the molecule is COc1cccc(NC(=O)CSc2nnc(-c3ccc(Br)cc3)n2C)c1. The van der Waals surface area contributed by atoms with E-state index in [1.165, 1.54) is 11.8 Å². The molecule has 0 unspecified atom stereocenters. The van der Waals surface area contributed by atoms with E-state index in [0.717, 1.165) is 15.9 Å². The number of methoxy groups -OCH3 is 1. The van der Waals surface area contributed by atoms with Crippen molar-refractivity contribution in [2.75, 3.05) is 18.2 Å². The zero-order valence-corrected chi connectivity index (χ0v) is 16.7. The molecule has 2 aromatic carbocycles. The van der Waals surface area contributed by atoms with Gasteiger partial charge in [-0.25, -0.2) is 0 Å². The smallest absolute Gasteiger partial charge is 0.234 e. The van der Waals surface area contributed by atoms with Gasteiger partial charge in [0.2, 0.25) is 5.91 Å². The second-order valence-electron chi connectivity index (χ2n) is 5.44. The van der Waals surface area contributed by atoms with E-state index in [1.54, 1.807) is 13.2 Å². The van der Waals surface area contributed by atoms with Gasteiger partial charge in [0.15, 0.2) is 11.0 Å². The monoisotopic (exact) mass is 432 g/mol. The van der Waals surface area contributed by atoms with Crippen molar-refractivity contribution in [2.24, 2.45) is 7.05 Å². The molecule has 0 atom stereocenters. The van der Waals surface area contributed by atoms with Gasteiger partial charge in [-0.3, -0.25) is 4.79 Å². The number of amides is 1. The molecule has 1 heterocycles. The molecule has 0 spiro atoms. The van der Waals surface area contributed by atoms with Crippen molar-refractivity contribution in [1.82, 2.24) is 14.8 Å². The molecule has 8 heteroatoms. The first-order chi connectivity index (χ1) is 12.6. The van der Waals surface area contributed by atoms with Gasteiger partial charge in [-0.2, -0.15) is 0 Å². The van der Waals surface area contributed by atoms with Gasteiger partial charge < -0.3 is 14.6 Å². The Balaban J connectivity index is 1.62. The number of halogens is 1. The maximum atomic E-state index is 12.2. The number of thioether (sulfide) groups is 1. The minimum absolute atomic E-state index is 0.114. The normalized spacial score (nSPS) is 10.6. The summed E-state index contributed by atoms with van der Waals surface area (Å²) in [5.41, 5.74) is 1.67. The maximum absolute atomic E-state index is 12.2. The lowest BCUT2D eigenvalue weighted by atomic mass is 10.2. The number of carbonyl (C=O) groups is 1. The quantitative estimate of drug-likeness (QED) is 0.596. The van der Waals surface area contributed by atoms with Crippen LogP contribution in [-0.4, -0.2) is 33.5 Å². The van der Waals surface area contributed by atoms with Gasteiger partial charge in [0.25, 0.3) is 0 Å². The molecule has 0 aliphatic rings. The number of anilines is 1.